The molecule has 0 rings (SSSR count). The van der Waals surface area contributed by atoms with Crippen molar-refractivity contribution in [3.05, 3.63) is 0 Å². The van der Waals surface area contributed by atoms with E-state index in [0.29, 0.717) is 6.04 Å². The van der Waals surface area contributed by atoms with Crippen molar-refractivity contribution in [2.24, 2.45) is 0 Å². The highest BCUT2D eigenvalue weighted by Crippen LogP contribution is 1.93. The Bertz CT molecular complexity index is 105. The van der Waals surface area contributed by atoms with Crippen molar-refractivity contribution in [3.63, 3.8) is 0 Å². The van der Waals surface area contributed by atoms with Crippen molar-refractivity contribution in [3.8, 4) is 12.8 Å². The van der Waals surface area contributed by atoms with Crippen LogP contribution in [0.5, 0.6) is 0 Å². The lowest BCUT2D eigenvalue weighted by Crippen LogP contribution is -2.26. The zero-order valence-corrected chi connectivity index (χ0v) is 19.5. The molecular formula is C22H58N2. The Morgan fingerprint density at radius 1 is 0.792 bits per heavy atom. The summed E-state index contributed by atoms with van der Waals surface area (Å²) in [6.07, 6.45) is 11.8. The van der Waals surface area contributed by atoms with Crippen LogP contribution in [0.3, 0.4) is 0 Å². The predicted molar refractivity (Wildman–Crippen MR) is 124 cm³/mol. The van der Waals surface area contributed by atoms with Gasteiger partial charge in [0.05, 0.1) is 0 Å². The second kappa shape index (κ2) is 94.4. The summed E-state index contributed by atoms with van der Waals surface area (Å²) < 4.78 is 0. The van der Waals surface area contributed by atoms with Crippen LogP contribution in [0.1, 0.15) is 103 Å². The Labute approximate surface area is 160 Å². The van der Waals surface area contributed by atoms with Crippen LogP contribution in [0.4, 0.5) is 0 Å². The molecule has 0 unspecified atom stereocenters. The van der Waals surface area contributed by atoms with E-state index >= 15 is 0 Å². The molecule has 0 spiro atoms. The van der Waals surface area contributed by atoms with Crippen LogP contribution in [-0.4, -0.2) is 38.6 Å². The molecule has 2 heteroatoms. The van der Waals surface area contributed by atoms with Gasteiger partial charge in [-0.2, -0.15) is 0 Å². The van der Waals surface area contributed by atoms with Gasteiger partial charge in [-0.3, -0.25) is 0 Å². The fraction of sp³-hybridized carbons (Fsp3) is 0.909. The summed E-state index contributed by atoms with van der Waals surface area (Å²) in [6.45, 7) is 24.4. The molecule has 156 valence electrons. The Morgan fingerprint density at radius 2 is 0.958 bits per heavy atom. The minimum atomic E-state index is 0. The Morgan fingerprint density at radius 3 is 1.00 bits per heavy atom. The summed E-state index contributed by atoms with van der Waals surface area (Å²) in [5.74, 6) is 0. The molecule has 0 radical (unpaired) electrons. The molecule has 0 atom stereocenters. The van der Waals surface area contributed by atoms with Gasteiger partial charge in [0.1, 0.15) is 0 Å². The van der Waals surface area contributed by atoms with Gasteiger partial charge >= 0.3 is 0 Å². The summed E-state index contributed by atoms with van der Waals surface area (Å²) in [6, 6.07) is 0.704. The highest BCUT2D eigenvalue weighted by atomic mass is 15.1. The van der Waals surface area contributed by atoms with E-state index in [4.69, 9.17) is 0 Å². The third-order valence-electron chi connectivity index (χ3n) is 1.46. The first-order valence-corrected chi connectivity index (χ1v) is 9.55. The largest absolute Gasteiger partial charge is 0.323 e. The zero-order chi connectivity index (χ0) is 20.7. The quantitative estimate of drug-likeness (QED) is 0.535. The normalized spacial score (nSPS) is 6.58. The monoisotopic (exact) mass is 350 g/mol. The van der Waals surface area contributed by atoms with Crippen LogP contribution in [0.15, 0.2) is 0 Å². The first-order valence-electron chi connectivity index (χ1n) is 9.55. The molecule has 0 bridgehead atoms. The molecule has 2 nitrogen and oxygen atoms in total. The standard InChI is InChI=1S/C7H17N.2C3H8.C2H7N.2C2H6.C2H2.CH4/c1-5-6-8(4)7(2)3;3*1-3-2;3*1-2;/h7H,5-6H2,1-4H3;2*3H2,1-2H3;3H,1-2H3;2*1-2H3;1-2H;1H4. The fourth-order valence-electron chi connectivity index (χ4n) is 0.611. The lowest BCUT2D eigenvalue weighted by atomic mass is 10.3. The summed E-state index contributed by atoms with van der Waals surface area (Å²) in [5, 5.41) is 2.75. The van der Waals surface area contributed by atoms with Crippen molar-refractivity contribution in [2.75, 3.05) is 27.7 Å². The minimum Gasteiger partial charge on any atom is -0.323 e. The van der Waals surface area contributed by atoms with E-state index in [-0.39, 0.29) is 7.43 Å². The van der Waals surface area contributed by atoms with Gasteiger partial charge in [0, 0.05) is 6.04 Å². The maximum atomic E-state index is 4.00. The molecule has 0 amide bonds. The molecule has 0 fully saturated rings. The number of nitrogens with one attached hydrogen (secondary N) is 1. The molecule has 0 aliphatic carbocycles. The second-order valence-electron chi connectivity index (χ2n) is 4.49. The number of rotatable bonds is 3. The van der Waals surface area contributed by atoms with E-state index in [1.165, 1.54) is 25.8 Å². The fourth-order valence-corrected chi connectivity index (χ4v) is 0.611. The minimum absolute atomic E-state index is 0. The van der Waals surface area contributed by atoms with Gasteiger partial charge in [0.2, 0.25) is 0 Å². The highest BCUT2D eigenvalue weighted by molar-refractivity contribution is 4.53. The van der Waals surface area contributed by atoms with Gasteiger partial charge in [-0.1, -0.05) is 82.6 Å². The third-order valence-corrected chi connectivity index (χ3v) is 1.46. The number of hydrogen-bond acceptors (Lipinski definition) is 2. The molecular weight excluding hydrogens is 292 g/mol. The van der Waals surface area contributed by atoms with Crippen LogP contribution < -0.4 is 5.32 Å². The molecule has 0 aromatic carbocycles. The average Bonchev–Trinajstić information content (AvgIpc) is 2.55. The lowest BCUT2D eigenvalue weighted by Gasteiger charge is -2.19. The van der Waals surface area contributed by atoms with E-state index < -0.39 is 0 Å². The first-order chi connectivity index (χ1) is 10.9. The van der Waals surface area contributed by atoms with Gasteiger partial charge in [-0.15, -0.1) is 12.8 Å². The van der Waals surface area contributed by atoms with Crippen LogP contribution in [0.25, 0.3) is 0 Å². The van der Waals surface area contributed by atoms with Crippen LogP contribution >= 0.6 is 0 Å². The van der Waals surface area contributed by atoms with E-state index in [9.17, 15) is 0 Å². The molecule has 0 aliphatic rings. The lowest BCUT2D eigenvalue weighted by molar-refractivity contribution is 0.275. The molecule has 0 aliphatic heterocycles. The summed E-state index contributed by atoms with van der Waals surface area (Å²) in [7, 11) is 5.91. The summed E-state index contributed by atoms with van der Waals surface area (Å²) in [4.78, 5) is 2.35. The van der Waals surface area contributed by atoms with Crippen LogP contribution in [0.2, 0.25) is 0 Å². The summed E-state index contributed by atoms with van der Waals surface area (Å²) in [5.41, 5.74) is 0. The molecule has 0 saturated heterocycles. The highest BCUT2D eigenvalue weighted by Gasteiger charge is 1.98. The molecule has 0 saturated carbocycles. The van der Waals surface area contributed by atoms with E-state index in [0.717, 1.165) is 0 Å². The van der Waals surface area contributed by atoms with Gasteiger partial charge in [0.25, 0.3) is 0 Å². The third kappa shape index (κ3) is 215. The van der Waals surface area contributed by atoms with Gasteiger partial charge in [-0.25, -0.2) is 0 Å². The number of terminal acetylenes is 1. The van der Waals surface area contributed by atoms with Gasteiger partial charge in [-0.05, 0) is 48.0 Å². The number of nitrogens with zero attached hydrogens (tertiary/aromatic N) is 1. The van der Waals surface area contributed by atoms with Crippen LogP contribution in [-0.2, 0) is 0 Å². The van der Waals surface area contributed by atoms with E-state index in [1.54, 1.807) is 0 Å². The molecule has 0 heterocycles. The molecule has 24 heavy (non-hydrogen) atoms. The number of hydrogen-bond donors (Lipinski definition) is 1. The summed E-state index contributed by atoms with van der Waals surface area (Å²) >= 11 is 0. The van der Waals surface area contributed by atoms with Gasteiger partial charge in [0.15, 0.2) is 0 Å². The van der Waals surface area contributed by atoms with E-state index in [1.807, 2.05) is 41.8 Å². The first kappa shape index (κ1) is 49.5. The van der Waals surface area contributed by atoms with Crippen molar-refractivity contribution in [1.82, 2.24) is 10.2 Å². The van der Waals surface area contributed by atoms with Crippen LogP contribution in [0, 0.1) is 12.8 Å². The average molecular weight is 351 g/mol. The Kier molecular flexibility index (Phi) is 195. The Balaban J connectivity index is -0.0000000229. The van der Waals surface area contributed by atoms with Crippen molar-refractivity contribution >= 4 is 0 Å². The van der Waals surface area contributed by atoms with Crippen molar-refractivity contribution in [1.29, 1.82) is 0 Å². The zero-order valence-electron chi connectivity index (χ0n) is 19.5. The smallest absolute Gasteiger partial charge is 0.00355 e. The molecule has 0 aromatic rings. The van der Waals surface area contributed by atoms with Gasteiger partial charge < -0.3 is 10.2 Å². The SMILES string of the molecule is C.C#C.CC.CC.CCC.CCC.CCCN(C)C(C)C.CNC. The second-order valence-corrected chi connectivity index (χ2v) is 4.49. The Hall–Kier alpha value is -0.520. The maximum Gasteiger partial charge on any atom is 0.00355 e. The topological polar surface area (TPSA) is 15.3 Å². The molecule has 0 aromatic heterocycles. The van der Waals surface area contributed by atoms with Crippen molar-refractivity contribution in [2.45, 2.75) is 109 Å². The molecule has 1 N–H and O–H groups in total. The predicted octanol–water partition coefficient (Wildman–Crippen LogP) is 7.34. The maximum absolute atomic E-state index is 4.00. The van der Waals surface area contributed by atoms with Crippen molar-refractivity contribution < 1.29 is 0 Å². The van der Waals surface area contributed by atoms with E-state index in [2.05, 4.69) is 78.6 Å².